The summed E-state index contributed by atoms with van der Waals surface area (Å²) in [6, 6.07) is 41.7. The van der Waals surface area contributed by atoms with Crippen molar-refractivity contribution >= 4 is 32.8 Å². The van der Waals surface area contributed by atoms with E-state index < -0.39 is 55.2 Å². The zero-order valence-electron chi connectivity index (χ0n) is 65.1. The topological polar surface area (TPSA) is 35.9 Å². The van der Waals surface area contributed by atoms with Crippen LogP contribution >= 0.6 is 0 Å². The van der Waals surface area contributed by atoms with Gasteiger partial charge in [0.15, 0.2) is 0 Å². The molecular formula is C81H82N4O. The second-order valence-electron chi connectivity index (χ2n) is 28.0. The number of ether oxygens (including phenoxy) is 1. The number of hydrogen-bond acceptors (Lipinski definition) is 2. The van der Waals surface area contributed by atoms with Crippen LogP contribution in [0.5, 0.6) is 11.5 Å². The van der Waals surface area contributed by atoms with Crippen LogP contribution in [-0.4, -0.2) is 14.1 Å². The van der Waals surface area contributed by atoms with Gasteiger partial charge in [0.25, 0.3) is 6.33 Å². The summed E-state index contributed by atoms with van der Waals surface area (Å²) in [6.07, 6.45) is 5.16. The molecule has 5 heteroatoms. The lowest BCUT2D eigenvalue weighted by molar-refractivity contribution is -0.571. The molecule has 0 aliphatic heterocycles. The van der Waals surface area contributed by atoms with Gasteiger partial charge in [-0.1, -0.05) is 249 Å². The average Bonchev–Trinajstić information content (AvgIpc) is 1.58. The number of imidazole rings is 1. The third kappa shape index (κ3) is 11.1. The van der Waals surface area contributed by atoms with E-state index in [1.165, 1.54) is 34.5 Å². The molecule has 12 rings (SSSR count). The molecular weight excluding hydrogens is 1040 g/mol. The van der Waals surface area contributed by atoms with Crippen molar-refractivity contribution in [1.82, 2.24) is 14.1 Å². The first-order valence-corrected chi connectivity index (χ1v) is 29.5. The molecule has 0 bridgehead atoms. The van der Waals surface area contributed by atoms with E-state index in [0.29, 0.717) is 44.8 Å². The summed E-state index contributed by atoms with van der Waals surface area (Å²) in [5.41, 5.74) is 12.6. The number of nitrogens with zero attached hydrogens (tertiary/aromatic N) is 4. The molecule has 0 saturated heterocycles. The van der Waals surface area contributed by atoms with Gasteiger partial charge in [-0.05, 0) is 155 Å². The van der Waals surface area contributed by atoms with Crippen molar-refractivity contribution in [3.8, 4) is 73.2 Å². The molecule has 3 heterocycles. The van der Waals surface area contributed by atoms with E-state index in [1.54, 1.807) is 0 Å². The fourth-order valence-corrected chi connectivity index (χ4v) is 11.3. The van der Waals surface area contributed by atoms with Crippen LogP contribution in [0.15, 0.2) is 206 Å². The molecule has 0 amide bonds. The van der Waals surface area contributed by atoms with E-state index in [1.807, 2.05) is 94.1 Å². The van der Waals surface area contributed by atoms with Gasteiger partial charge in [-0.2, -0.15) is 0 Å². The Morgan fingerprint density at radius 3 is 1.55 bits per heavy atom. The van der Waals surface area contributed by atoms with Crippen LogP contribution in [0, 0.1) is 13.2 Å². The van der Waals surface area contributed by atoms with Gasteiger partial charge < -0.3 is 4.74 Å². The Balaban J connectivity index is 1.11. The van der Waals surface area contributed by atoms with Gasteiger partial charge in [-0.15, -0.1) is 0 Å². The summed E-state index contributed by atoms with van der Waals surface area (Å²) >= 11 is 0. The highest BCUT2D eigenvalue weighted by atomic mass is 16.5. The van der Waals surface area contributed by atoms with Crippen LogP contribution in [-0.2, 0) is 27.1 Å². The summed E-state index contributed by atoms with van der Waals surface area (Å²) in [4.78, 5) is 4.78. The SMILES string of the molecule is [2H]c1c([2H])c([2H])c(-c2ccc3c(c2)n(-c2cccc(Oc4ccc5c6ccccc6n(-c6cc(C([2H])([2H])[2H])c(-c7c([2H])c([2H])c([2H])c([2H])c7[2H])cn6)c5c4)c2)[c-][n+]3-c2c(-c3cc(C(C)(C)C)cc(C(C)(C)C)c3)cc(C(C)(C)C)cc2-c2cc(C(C)(C)C)cc(C(C)(C)C)c2)c([2H])c1[2H]. The quantitative estimate of drug-likeness (QED) is 0.107. The Bertz CT molecular complexity index is 5090. The standard InChI is InChI=1S/C81H82N4O/c1-52-38-75(82-50-70(52)54-28-21-18-22-29-54)85-71-33-24-23-32-66(71)67-36-35-65(49-73(67)85)86-64-31-25-30-63(48-64)83-51-84(72-37-34-55(43-74(72)83)53-26-19-17-20-27-53)76-68(56-39-58(77(2,3)4)44-59(40-56)78(5,6)7)46-62(81(14,15)16)47-69(76)57-41-60(79(8,9)10)45-61(42-57)80(11,12)13/h17-50H,1-16H3/i1D3,17D,18D,19D,20D,21D,22D,26D,27D,28D,29D. The van der Waals surface area contributed by atoms with Crippen LogP contribution < -0.4 is 9.30 Å². The summed E-state index contributed by atoms with van der Waals surface area (Å²) in [5, 5.41) is 1.65. The van der Waals surface area contributed by atoms with Gasteiger partial charge in [0.1, 0.15) is 17.3 Å². The first-order chi connectivity index (χ1) is 46.0. The molecule has 86 heavy (non-hydrogen) atoms. The minimum atomic E-state index is -2.80. The van der Waals surface area contributed by atoms with E-state index in [4.69, 9.17) is 24.8 Å². The maximum atomic E-state index is 9.22. The molecule has 432 valence electrons. The molecule has 9 aromatic carbocycles. The molecule has 0 N–H and O–H groups in total. The predicted molar refractivity (Wildman–Crippen MR) is 362 cm³/mol. The van der Waals surface area contributed by atoms with Crippen molar-refractivity contribution in [3.63, 3.8) is 0 Å². The van der Waals surface area contributed by atoms with Crippen LogP contribution in [0.25, 0.3) is 94.5 Å². The highest BCUT2D eigenvalue weighted by Crippen LogP contribution is 2.45. The van der Waals surface area contributed by atoms with Crippen molar-refractivity contribution in [3.05, 3.63) is 246 Å². The molecule has 0 atom stereocenters. The number of benzene rings is 9. The Labute approximate surface area is 528 Å². The maximum absolute atomic E-state index is 9.22. The van der Waals surface area contributed by atoms with Gasteiger partial charge >= 0.3 is 0 Å². The number of aryl methyl sites for hydroxylation is 1. The van der Waals surface area contributed by atoms with Gasteiger partial charge in [0, 0.05) is 32.7 Å². The van der Waals surface area contributed by atoms with Crippen molar-refractivity contribution in [1.29, 1.82) is 0 Å². The molecule has 0 unspecified atom stereocenters. The Hall–Kier alpha value is -8.80. The zero-order valence-corrected chi connectivity index (χ0v) is 52.1. The molecule has 5 nitrogen and oxygen atoms in total. The van der Waals surface area contributed by atoms with Crippen LogP contribution in [0.3, 0.4) is 0 Å². The summed E-state index contributed by atoms with van der Waals surface area (Å²) in [5.74, 6) is 1.06. The summed E-state index contributed by atoms with van der Waals surface area (Å²) < 4.78 is 126. The third-order valence-corrected chi connectivity index (χ3v) is 16.4. The average molecular weight is 1140 g/mol. The first kappa shape index (κ1) is 43.8. The molecule has 0 saturated carbocycles. The number of pyridine rings is 1. The smallest absolute Gasteiger partial charge is 0.269 e. The van der Waals surface area contributed by atoms with Crippen molar-refractivity contribution in [2.24, 2.45) is 0 Å². The van der Waals surface area contributed by atoms with Gasteiger partial charge in [-0.3, -0.25) is 13.7 Å². The monoisotopic (exact) mass is 1140 g/mol. The van der Waals surface area contributed by atoms with Crippen LogP contribution in [0.2, 0.25) is 0 Å². The van der Waals surface area contributed by atoms with Gasteiger partial charge in [-0.25, -0.2) is 4.98 Å². The predicted octanol–water partition coefficient (Wildman–Crippen LogP) is 21.5. The molecule has 0 aliphatic rings. The minimum Gasteiger partial charge on any atom is -0.458 e. The largest absolute Gasteiger partial charge is 0.458 e. The highest BCUT2D eigenvalue weighted by Gasteiger charge is 2.30. The van der Waals surface area contributed by atoms with E-state index in [2.05, 4.69) is 163 Å². The number of aromatic nitrogens is 4. The lowest BCUT2D eigenvalue weighted by Gasteiger charge is -2.30. The number of rotatable bonds is 9. The lowest BCUT2D eigenvalue weighted by atomic mass is 9.76. The number of hydrogen-bond donors (Lipinski definition) is 0. The molecule has 0 spiro atoms. The number of fused-ring (bicyclic) bond motifs is 4. The minimum absolute atomic E-state index is 0.0558. The molecule has 12 aromatic rings. The maximum Gasteiger partial charge on any atom is 0.269 e. The van der Waals surface area contributed by atoms with E-state index in [-0.39, 0.29) is 67.2 Å². The molecule has 3 aromatic heterocycles. The fraction of sp³-hybridized carbons (Fsp3) is 0.259. The van der Waals surface area contributed by atoms with Crippen molar-refractivity contribution in [2.45, 2.75) is 138 Å². The van der Waals surface area contributed by atoms with Crippen molar-refractivity contribution in [2.75, 3.05) is 0 Å². The highest BCUT2D eigenvalue weighted by molar-refractivity contribution is 6.09. The first-order valence-electron chi connectivity index (χ1n) is 36.0. The Kier molecular flexibility index (Phi) is 10.8. The van der Waals surface area contributed by atoms with Crippen LogP contribution in [0.4, 0.5) is 0 Å². The van der Waals surface area contributed by atoms with E-state index in [9.17, 15) is 2.74 Å². The van der Waals surface area contributed by atoms with Gasteiger partial charge in [0.2, 0.25) is 0 Å². The second kappa shape index (κ2) is 21.3. The summed E-state index contributed by atoms with van der Waals surface area (Å²) in [7, 11) is 0. The normalized spacial score (nSPS) is 14.9. The second-order valence-corrected chi connectivity index (χ2v) is 28.0. The van der Waals surface area contributed by atoms with Crippen LogP contribution in [0.1, 0.15) is 155 Å². The number of para-hydroxylation sites is 1. The summed E-state index contributed by atoms with van der Waals surface area (Å²) in [6.45, 7) is 30.9. The third-order valence-electron chi connectivity index (χ3n) is 16.4. The zero-order chi connectivity index (χ0) is 72.0. The Morgan fingerprint density at radius 2 is 0.977 bits per heavy atom. The van der Waals surface area contributed by atoms with E-state index in [0.717, 1.165) is 44.3 Å². The Morgan fingerprint density at radius 1 is 0.442 bits per heavy atom. The van der Waals surface area contributed by atoms with E-state index >= 15 is 0 Å². The lowest BCUT2D eigenvalue weighted by Crippen LogP contribution is -2.32. The molecule has 0 aliphatic carbocycles. The van der Waals surface area contributed by atoms with Gasteiger partial charge in [0.05, 0.1) is 47.1 Å². The van der Waals surface area contributed by atoms with Crippen molar-refractivity contribution < 1.29 is 27.1 Å². The molecule has 0 fully saturated rings. The fourth-order valence-electron chi connectivity index (χ4n) is 11.3. The molecule has 0 radical (unpaired) electrons.